The molecule has 0 fully saturated rings. The van der Waals surface area contributed by atoms with Crippen LogP contribution in [0.2, 0.25) is 0 Å². The van der Waals surface area contributed by atoms with Gasteiger partial charge in [-0.2, -0.15) is 26.3 Å². The number of alkyl halides is 6. The molecule has 0 saturated heterocycles. The van der Waals surface area contributed by atoms with Crippen molar-refractivity contribution in [1.82, 2.24) is 0 Å². The predicted octanol–water partition coefficient (Wildman–Crippen LogP) is 4.66. The van der Waals surface area contributed by atoms with E-state index in [1.165, 1.54) is 13.8 Å². The van der Waals surface area contributed by atoms with Crippen LogP contribution in [0, 0.1) is 24.6 Å². The summed E-state index contributed by atoms with van der Waals surface area (Å²) < 4.78 is 82.6. The third-order valence-corrected chi connectivity index (χ3v) is 3.26. The first-order valence-corrected chi connectivity index (χ1v) is 7.65. The first kappa shape index (κ1) is 26.8. The molecule has 0 N–H and O–H groups in total. The van der Waals surface area contributed by atoms with Crippen molar-refractivity contribution in [2.24, 2.45) is 0 Å². The Morgan fingerprint density at radius 3 is 1.17 bits per heavy atom. The molecule has 0 atom stereocenters. The molecular weight excluding hydrogens is 424 g/mol. The first-order chi connectivity index (χ1) is 13.6. The molecule has 2 aromatic carbocycles. The van der Waals surface area contributed by atoms with Crippen LogP contribution in [0.3, 0.4) is 0 Å². The minimum atomic E-state index is -4.35. The van der Waals surface area contributed by atoms with Gasteiger partial charge in [0.2, 0.25) is 10.8 Å². The average Bonchev–Trinajstić information content (AvgIpc) is 2.60. The lowest BCUT2D eigenvalue weighted by molar-refractivity contribution is -0.366. The predicted molar refractivity (Wildman–Crippen MR) is 88.7 cm³/mol. The monoisotopic (exact) mass is 436 g/mol. The van der Waals surface area contributed by atoms with Crippen molar-refractivity contribution in [3.63, 3.8) is 0 Å². The molecule has 0 radical (unpaired) electrons. The maximum absolute atomic E-state index is 12.1. The van der Waals surface area contributed by atoms with E-state index in [0.29, 0.717) is 0 Å². The van der Waals surface area contributed by atoms with Crippen molar-refractivity contribution in [2.45, 2.75) is 26.2 Å². The SMILES string of the molecule is Cc1cc(C(F)(F)F)ccc1[N+]#N.Cc1cc(C(F)(F)F)ccc1[N+]#N.[O-]B([O-])F. The minimum absolute atomic E-state index is 0.146. The lowest BCUT2D eigenvalue weighted by Crippen LogP contribution is -2.39. The average molecular weight is 436 g/mol. The van der Waals surface area contributed by atoms with Crippen LogP contribution in [0.1, 0.15) is 22.3 Å². The van der Waals surface area contributed by atoms with E-state index < -0.39 is 30.9 Å². The highest BCUT2D eigenvalue weighted by atomic mass is 19.4. The summed E-state index contributed by atoms with van der Waals surface area (Å²) in [7, 11) is -3.17. The second kappa shape index (κ2) is 11.1. The number of aryl methyl sites for hydroxylation is 2. The summed E-state index contributed by atoms with van der Waals surface area (Å²) in [5.41, 5.74) is -0.606. The van der Waals surface area contributed by atoms with Gasteiger partial charge in [-0.15, -0.1) is 0 Å². The van der Waals surface area contributed by atoms with Gasteiger partial charge in [0, 0.05) is 23.3 Å². The normalized spacial score (nSPS) is 10.4. The highest BCUT2D eigenvalue weighted by molar-refractivity contribution is 6.27. The summed E-state index contributed by atoms with van der Waals surface area (Å²) >= 11 is 0. The summed E-state index contributed by atoms with van der Waals surface area (Å²) in [6, 6.07) is 5.88. The van der Waals surface area contributed by atoms with Gasteiger partial charge in [0.15, 0.2) is 9.95 Å². The molecule has 0 saturated carbocycles. The van der Waals surface area contributed by atoms with Crippen LogP contribution in [0.25, 0.3) is 9.95 Å². The molecule has 0 heterocycles. The number of hydrogen-bond acceptors (Lipinski definition) is 4. The van der Waals surface area contributed by atoms with Crippen molar-refractivity contribution in [3.8, 4) is 0 Å². The second-order valence-corrected chi connectivity index (χ2v) is 5.47. The van der Waals surface area contributed by atoms with Crippen LogP contribution in [-0.2, 0) is 12.4 Å². The zero-order valence-corrected chi connectivity index (χ0v) is 15.3. The summed E-state index contributed by atoms with van der Waals surface area (Å²) in [5, 5.41) is 33.3. The van der Waals surface area contributed by atoms with Gasteiger partial charge in [0.25, 0.3) is 0 Å². The van der Waals surface area contributed by atoms with Crippen molar-refractivity contribution in [2.75, 3.05) is 0 Å². The van der Waals surface area contributed by atoms with Crippen LogP contribution >= 0.6 is 0 Å². The summed E-state index contributed by atoms with van der Waals surface area (Å²) in [6.07, 6.45) is -8.70. The Hall–Kier alpha value is -3.23. The van der Waals surface area contributed by atoms with Gasteiger partial charge in [-0.25, -0.2) is 0 Å². The molecule has 0 aliphatic heterocycles. The minimum Gasteiger partial charge on any atom is -0.867 e. The molecule has 30 heavy (non-hydrogen) atoms. The van der Waals surface area contributed by atoms with Crippen molar-refractivity contribution in [1.29, 1.82) is 10.8 Å². The fraction of sp³-hybridized carbons (Fsp3) is 0.250. The second-order valence-electron chi connectivity index (χ2n) is 5.47. The molecule has 0 unspecified atom stereocenters. The van der Waals surface area contributed by atoms with Gasteiger partial charge in [-0.1, -0.05) is 0 Å². The first-order valence-electron chi connectivity index (χ1n) is 7.65. The van der Waals surface area contributed by atoms with E-state index in [2.05, 4.69) is 9.95 Å². The quantitative estimate of drug-likeness (QED) is 0.341. The molecule has 2 aromatic rings. The number of hydrogen-bond donors (Lipinski definition) is 0. The van der Waals surface area contributed by atoms with Crippen molar-refractivity contribution < 1.29 is 40.7 Å². The number of halogens is 7. The topological polar surface area (TPSA) is 102 Å². The van der Waals surface area contributed by atoms with Gasteiger partial charge in [-0.05, 0) is 38.1 Å². The Balaban J connectivity index is 0.000000477. The van der Waals surface area contributed by atoms with Gasteiger partial charge in [-0.3, -0.25) is 0 Å². The third-order valence-electron chi connectivity index (χ3n) is 3.26. The zero-order chi connectivity index (χ0) is 23.7. The van der Waals surface area contributed by atoms with E-state index in [4.69, 9.17) is 20.8 Å². The number of rotatable bonds is 0. The highest BCUT2D eigenvalue weighted by Gasteiger charge is 2.32. The Kier molecular flexibility index (Phi) is 9.90. The van der Waals surface area contributed by atoms with Gasteiger partial charge < -0.3 is 14.4 Å². The lowest BCUT2D eigenvalue weighted by Gasteiger charge is -2.09. The zero-order valence-electron chi connectivity index (χ0n) is 15.3. The largest absolute Gasteiger partial charge is 0.867 e. The smallest absolute Gasteiger partial charge is 0.416 e. The third kappa shape index (κ3) is 9.31. The van der Waals surface area contributed by atoms with E-state index in [-0.39, 0.29) is 22.5 Å². The standard InChI is InChI=1S/2C8H6F3N2.BFO2/c2*1-5-4-6(8(9,10)11)2-3-7(5)13-12;2-1(3)4/h2*2-4H,1H3;/q2*+1;-2. The number of benzene rings is 2. The van der Waals surface area contributed by atoms with E-state index in [1.807, 2.05) is 0 Å². The number of nitrogens with zero attached hydrogens (tertiary/aromatic N) is 4. The highest BCUT2D eigenvalue weighted by Crippen LogP contribution is 2.33. The molecule has 0 aromatic heterocycles. The van der Waals surface area contributed by atoms with Gasteiger partial charge in [0.1, 0.15) is 7.40 Å². The summed E-state index contributed by atoms with van der Waals surface area (Å²) in [6.45, 7) is 2.90. The van der Waals surface area contributed by atoms with Crippen LogP contribution in [0.15, 0.2) is 36.4 Å². The number of diazo groups is 2. The summed E-state index contributed by atoms with van der Waals surface area (Å²) in [5.74, 6) is 0. The van der Waals surface area contributed by atoms with E-state index >= 15 is 0 Å². The Morgan fingerprint density at radius 2 is 1.00 bits per heavy atom. The van der Waals surface area contributed by atoms with Crippen LogP contribution in [-0.4, -0.2) is 7.40 Å². The Morgan fingerprint density at radius 1 is 0.733 bits per heavy atom. The summed E-state index contributed by atoms with van der Waals surface area (Å²) in [4.78, 5) is 5.65. The maximum atomic E-state index is 12.1. The Bertz CT molecular complexity index is 859. The van der Waals surface area contributed by atoms with Crippen LogP contribution in [0.4, 0.5) is 42.0 Å². The van der Waals surface area contributed by atoms with Crippen molar-refractivity contribution in [3.05, 3.63) is 68.6 Å². The fourth-order valence-electron chi connectivity index (χ4n) is 1.89. The maximum Gasteiger partial charge on any atom is 0.416 e. The van der Waals surface area contributed by atoms with Gasteiger partial charge in [0.05, 0.1) is 11.1 Å². The van der Waals surface area contributed by atoms with E-state index in [9.17, 15) is 30.7 Å². The van der Waals surface area contributed by atoms with E-state index in [0.717, 1.165) is 36.4 Å². The molecule has 0 amide bonds. The lowest BCUT2D eigenvalue weighted by atomic mass is 10.1. The fourth-order valence-corrected chi connectivity index (χ4v) is 1.89. The molecule has 2 rings (SSSR count). The molecule has 0 spiro atoms. The molecular formula is C16H12BF7N4O2. The molecule has 0 aliphatic carbocycles. The molecule has 160 valence electrons. The Labute approximate surface area is 166 Å². The van der Waals surface area contributed by atoms with Gasteiger partial charge >= 0.3 is 23.7 Å². The molecule has 0 aliphatic rings. The molecule has 0 bridgehead atoms. The van der Waals surface area contributed by atoms with Crippen molar-refractivity contribution >= 4 is 18.8 Å². The van der Waals surface area contributed by atoms with Crippen LogP contribution in [0.5, 0.6) is 0 Å². The molecule has 6 nitrogen and oxygen atoms in total. The van der Waals surface area contributed by atoms with Crippen LogP contribution < -0.4 is 10.0 Å². The van der Waals surface area contributed by atoms with E-state index in [1.54, 1.807) is 0 Å². The molecule has 14 heteroatoms.